The molecule has 0 fully saturated rings. The Morgan fingerprint density at radius 3 is 3.12 bits per heavy atom. The molecule has 0 radical (unpaired) electrons. The van der Waals surface area contributed by atoms with E-state index in [1.54, 1.807) is 0 Å². The highest BCUT2D eigenvalue weighted by molar-refractivity contribution is 4.34. The van der Waals surface area contributed by atoms with E-state index in [0.717, 1.165) is 26.1 Å². The molecule has 0 N–H and O–H groups in total. The van der Waals surface area contributed by atoms with Crippen molar-refractivity contribution in [1.82, 2.24) is 0 Å². The van der Waals surface area contributed by atoms with Crippen LogP contribution in [0.5, 0.6) is 0 Å². The summed E-state index contributed by atoms with van der Waals surface area (Å²) in [5, 5.41) is 0. The van der Waals surface area contributed by atoms with Crippen molar-refractivity contribution in [3.05, 3.63) is 0 Å². The van der Waals surface area contributed by atoms with Gasteiger partial charge in [0.15, 0.2) is 0 Å². The molecule has 0 amide bonds. The fourth-order valence-electron chi connectivity index (χ4n) is 0.474. The lowest BCUT2D eigenvalue weighted by molar-refractivity contribution is 0.143. The van der Waals surface area contributed by atoms with Crippen LogP contribution in [0.2, 0.25) is 0 Å². The summed E-state index contributed by atoms with van der Waals surface area (Å²) in [6.45, 7) is 3.67. The fourth-order valence-corrected chi connectivity index (χ4v) is 0.474. The number of rotatable bonds is 5. The summed E-state index contributed by atoms with van der Waals surface area (Å²) < 4.78 is 19.2. The molecule has 1 unspecified atom stereocenters. The fraction of sp³-hybridized carbons (Fsp3) is 1.00. The van der Waals surface area contributed by atoms with Crippen molar-refractivity contribution in [3.8, 4) is 0 Å². The summed E-state index contributed by atoms with van der Waals surface area (Å²) in [7, 11) is 0. The van der Waals surface area contributed by atoms with Gasteiger partial charge in [-0.3, -0.25) is 0 Å². The molecule has 1 atom stereocenters. The first kappa shape index (κ1) is 4.80. The Bertz CT molecular complexity index is 68.6. The minimum Gasteiger partial charge on any atom is -0.382 e. The SMILES string of the molecule is [2H]CC([2H])CCCOCC. The van der Waals surface area contributed by atoms with E-state index in [2.05, 4.69) is 0 Å². The molecule has 0 aromatic heterocycles. The molecule has 0 rings (SSSR count). The van der Waals surface area contributed by atoms with E-state index in [9.17, 15) is 0 Å². The van der Waals surface area contributed by atoms with Gasteiger partial charge in [0.1, 0.15) is 0 Å². The van der Waals surface area contributed by atoms with E-state index in [0.29, 0.717) is 0 Å². The van der Waals surface area contributed by atoms with Gasteiger partial charge in [-0.1, -0.05) is 19.7 Å². The molecule has 50 valence electrons. The Morgan fingerprint density at radius 1 is 1.62 bits per heavy atom. The Morgan fingerprint density at radius 2 is 2.50 bits per heavy atom. The Labute approximate surface area is 54.9 Å². The van der Waals surface area contributed by atoms with Gasteiger partial charge < -0.3 is 4.74 Å². The van der Waals surface area contributed by atoms with Crippen molar-refractivity contribution < 1.29 is 7.48 Å². The van der Waals surface area contributed by atoms with Gasteiger partial charge in [0.25, 0.3) is 0 Å². The maximum Gasteiger partial charge on any atom is 0.0465 e. The van der Waals surface area contributed by atoms with Crippen molar-refractivity contribution in [3.63, 3.8) is 0 Å². The Balaban J connectivity index is 2.89. The summed E-state index contributed by atoms with van der Waals surface area (Å²) in [4.78, 5) is 0. The van der Waals surface area contributed by atoms with E-state index in [-0.39, 0.29) is 13.3 Å². The summed E-state index contributed by atoms with van der Waals surface area (Å²) >= 11 is 0. The molecular weight excluding hydrogens is 100 g/mol. The van der Waals surface area contributed by atoms with E-state index in [1.165, 1.54) is 0 Å². The van der Waals surface area contributed by atoms with Crippen molar-refractivity contribution >= 4 is 0 Å². The maximum atomic E-state index is 7.21. The average Bonchev–Trinajstić information content (AvgIpc) is 1.98. The van der Waals surface area contributed by atoms with Gasteiger partial charge in [0.05, 0.1) is 0 Å². The average molecular weight is 118 g/mol. The zero-order chi connectivity index (χ0) is 7.82. The summed E-state index contributed by atoms with van der Waals surface area (Å²) in [5.41, 5.74) is 0. The van der Waals surface area contributed by atoms with Crippen molar-refractivity contribution in [1.29, 1.82) is 0 Å². The molecular formula is C7H16O. The predicted octanol–water partition coefficient (Wildman–Crippen LogP) is 2.21. The standard InChI is InChI=1S/C7H16O/c1-3-5-6-7-8-4-2/h3-7H2,1-2H3/i1D,3D. The molecule has 0 spiro atoms. The molecule has 1 heteroatoms. The van der Waals surface area contributed by atoms with Gasteiger partial charge in [-0.25, -0.2) is 0 Å². The second-order valence-corrected chi connectivity index (χ2v) is 1.63. The summed E-state index contributed by atoms with van der Waals surface area (Å²) in [5.74, 6) is 0. The molecule has 1 nitrogen and oxygen atoms in total. The van der Waals surface area contributed by atoms with E-state index in [1.807, 2.05) is 6.92 Å². The first-order chi connectivity index (χ1) is 4.81. The van der Waals surface area contributed by atoms with Gasteiger partial charge in [-0.2, -0.15) is 0 Å². The minimum absolute atomic E-state index is 0.208. The van der Waals surface area contributed by atoms with Crippen molar-refractivity contribution in [2.75, 3.05) is 13.2 Å². The summed E-state index contributed by atoms with van der Waals surface area (Å²) in [6, 6.07) is 0. The lowest BCUT2D eigenvalue weighted by Gasteiger charge is -1.96. The number of ether oxygens (including phenoxy) is 1. The highest BCUT2D eigenvalue weighted by atomic mass is 16.5. The maximum absolute atomic E-state index is 7.21. The van der Waals surface area contributed by atoms with Crippen LogP contribution >= 0.6 is 0 Å². The molecule has 0 heterocycles. The smallest absolute Gasteiger partial charge is 0.0465 e. The molecule has 0 aromatic carbocycles. The second-order valence-electron chi connectivity index (χ2n) is 1.63. The van der Waals surface area contributed by atoms with Crippen molar-refractivity contribution in [2.45, 2.75) is 33.1 Å². The van der Waals surface area contributed by atoms with Crippen LogP contribution in [0, 0.1) is 0 Å². The summed E-state index contributed by atoms with van der Waals surface area (Å²) in [6.07, 6.45) is 1.50. The van der Waals surface area contributed by atoms with Gasteiger partial charge in [0.2, 0.25) is 0 Å². The van der Waals surface area contributed by atoms with Crippen molar-refractivity contribution in [2.24, 2.45) is 0 Å². The molecule has 0 saturated carbocycles. The zero-order valence-corrected chi connectivity index (χ0v) is 5.52. The lowest BCUT2D eigenvalue weighted by Crippen LogP contribution is -1.91. The predicted molar refractivity (Wildman–Crippen MR) is 36.0 cm³/mol. The Kier molecular flexibility index (Phi) is 4.18. The monoisotopic (exact) mass is 118 g/mol. The van der Waals surface area contributed by atoms with E-state index >= 15 is 0 Å². The van der Waals surface area contributed by atoms with Gasteiger partial charge in [-0.05, 0) is 13.3 Å². The molecule has 0 saturated heterocycles. The molecule has 0 aromatic rings. The minimum atomic E-state index is -0.208. The number of hydrogen-bond acceptors (Lipinski definition) is 1. The molecule has 0 aliphatic carbocycles. The lowest BCUT2D eigenvalue weighted by atomic mass is 10.3. The molecule has 0 aliphatic rings. The largest absolute Gasteiger partial charge is 0.382 e. The van der Waals surface area contributed by atoms with Crippen LogP contribution in [0.15, 0.2) is 0 Å². The van der Waals surface area contributed by atoms with Crippen LogP contribution in [-0.2, 0) is 4.74 Å². The van der Waals surface area contributed by atoms with Crippen LogP contribution < -0.4 is 0 Å². The van der Waals surface area contributed by atoms with Crippen LogP contribution in [0.1, 0.15) is 35.8 Å². The quantitative estimate of drug-likeness (QED) is 0.503. The van der Waals surface area contributed by atoms with Gasteiger partial charge in [-0.15, -0.1) is 0 Å². The normalized spacial score (nSPS) is 17.1. The first-order valence-electron chi connectivity index (χ1n) is 4.39. The highest BCUT2D eigenvalue weighted by Gasteiger charge is 1.82. The molecule has 0 aliphatic heterocycles. The zero-order valence-electron chi connectivity index (χ0n) is 7.52. The topological polar surface area (TPSA) is 9.23 Å². The highest BCUT2D eigenvalue weighted by Crippen LogP contribution is 1.92. The van der Waals surface area contributed by atoms with Crippen LogP contribution in [-0.4, -0.2) is 13.2 Å². The second kappa shape index (κ2) is 6.96. The third kappa shape index (κ3) is 5.96. The number of hydrogen-bond donors (Lipinski definition) is 0. The molecule has 8 heavy (non-hydrogen) atoms. The third-order valence-corrected chi connectivity index (χ3v) is 0.901. The van der Waals surface area contributed by atoms with Crippen LogP contribution in [0.3, 0.4) is 0 Å². The van der Waals surface area contributed by atoms with E-state index < -0.39 is 0 Å². The van der Waals surface area contributed by atoms with Crippen LogP contribution in [0.4, 0.5) is 0 Å². The van der Waals surface area contributed by atoms with Gasteiger partial charge >= 0.3 is 0 Å². The van der Waals surface area contributed by atoms with Gasteiger partial charge in [0, 0.05) is 16.0 Å². The molecule has 0 bridgehead atoms. The third-order valence-electron chi connectivity index (χ3n) is 0.901. The Hall–Kier alpha value is -0.0400. The van der Waals surface area contributed by atoms with E-state index in [4.69, 9.17) is 7.48 Å². The van der Waals surface area contributed by atoms with Crippen LogP contribution in [0.25, 0.3) is 0 Å². The first-order valence-corrected chi connectivity index (χ1v) is 3.10.